The Hall–Kier alpha value is -1.73. The van der Waals surface area contributed by atoms with Crippen molar-refractivity contribution in [2.45, 2.75) is 32.2 Å². The third-order valence-electron chi connectivity index (χ3n) is 2.68. The van der Waals surface area contributed by atoms with Crippen LogP contribution >= 0.6 is 11.6 Å². The molecule has 19 heavy (non-hydrogen) atoms. The van der Waals surface area contributed by atoms with Crippen molar-refractivity contribution in [3.8, 4) is 11.8 Å². The smallest absolute Gasteiger partial charge is 0.225 e. The highest BCUT2D eigenvalue weighted by atomic mass is 35.5. The van der Waals surface area contributed by atoms with Crippen LogP contribution in [0.4, 0.5) is 0 Å². The summed E-state index contributed by atoms with van der Waals surface area (Å²) in [5.41, 5.74) is 0.716. The van der Waals surface area contributed by atoms with Gasteiger partial charge < -0.3 is 10.1 Å². The van der Waals surface area contributed by atoms with Crippen LogP contribution in [0.2, 0.25) is 5.02 Å². The van der Waals surface area contributed by atoms with Gasteiger partial charge in [0, 0.05) is 5.02 Å². The van der Waals surface area contributed by atoms with Gasteiger partial charge in [0.25, 0.3) is 0 Å². The van der Waals surface area contributed by atoms with E-state index in [-0.39, 0.29) is 12.3 Å². The zero-order valence-corrected chi connectivity index (χ0v) is 11.8. The number of nitriles is 1. The number of nitrogens with one attached hydrogen (secondary N) is 1. The molecular formula is C14H17ClN2O2. The molecule has 0 bridgehead atoms. The molecule has 1 rings (SSSR count). The SMILES string of the molecule is CCC[C@H](C#N)NC(=O)Cc1ccc(OC)cc1Cl. The molecule has 1 aromatic rings. The Kier molecular flexibility index (Phi) is 6.17. The minimum atomic E-state index is -0.436. The maximum absolute atomic E-state index is 11.8. The first kappa shape index (κ1) is 15.3. The monoisotopic (exact) mass is 280 g/mol. The summed E-state index contributed by atoms with van der Waals surface area (Å²) >= 11 is 6.06. The van der Waals surface area contributed by atoms with Crippen LogP contribution in [-0.4, -0.2) is 19.1 Å². The molecule has 1 aromatic carbocycles. The second-order valence-corrected chi connectivity index (χ2v) is 4.58. The molecule has 0 aliphatic rings. The van der Waals surface area contributed by atoms with Gasteiger partial charge in [-0.05, 0) is 24.1 Å². The molecule has 0 aliphatic carbocycles. The predicted octanol–water partition coefficient (Wildman–Crippen LogP) is 2.70. The van der Waals surface area contributed by atoms with Crippen molar-refractivity contribution in [3.05, 3.63) is 28.8 Å². The predicted molar refractivity (Wildman–Crippen MR) is 74.2 cm³/mol. The standard InChI is InChI=1S/C14H17ClN2O2/c1-3-4-11(9-16)17-14(18)7-10-5-6-12(19-2)8-13(10)15/h5-6,8,11H,3-4,7H2,1-2H3,(H,17,18)/t11-/m1/s1. The van der Waals surface area contributed by atoms with Crippen molar-refractivity contribution in [3.63, 3.8) is 0 Å². The van der Waals surface area contributed by atoms with Crippen LogP contribution in [-0.2, 0) is 11.2 Å². The van der Waals surface area contributed by atoms with Crippen LogP contribution in [0.3, 0.4) is 0 Å². The van der Waals surface area contributed by atoms with Gasteiger partial charge in [0.15, 0.2) is 0 Å². The highest BCUT2D eigenvalue weighted by Gasteiger charge is 2.12. The molecule has 0 spiro atoms. The molecule has 0 saturated heterocycles. The number of hydrogen-bond acceptors (Lipinski definition) is 3. The molecule has 1 N–H and O–H groups in total. The fraction of sp³-hybridized carbons (Fsp3) is 0.429. The van der Waals surface area contributed by atoms with Crippen LogP contribution < -0.4 is 10.1 Å². The maximum atomic E-state index is 11.8. The van der Waals surface area contributed by atoms with E-state index in [1.165, 1.54) is 0 Å². The van der Waals surface area contributed by atoms with Gasteiger partial charge in [-0.3, -0.25) is 4.79 Å². The molecule has 0 heterocycles. The zero-order chi connectivity index (χ0) is 14.3. The Bertz CT molecular complexity index is 483. The quantitative estimate of drug-likeness (QED) is 0.871. The average molecular weight is 281 g/mol. The minimum absolute atomic E-state index is 0.157. The van der Waals surface area contributed by atoms with E-state index in [2.05, 4.69) is 11.4 Å². The Morgan fingerprint density at radius 3 is 2.84 bits per heavy atom. The lowest BCUT2D eigenvalue weighted by atomic mass is 10.1. The Balaban J connectivity index is 2.64. The van der Waals surface area contributed by atoms with Gasteiger partial charge in [0.2, 0.25) is 5.91 Å². The van der Waals surface area contributed by atoms with Gasteiger partial charge in [-0.2, -0.15) is 5.26 Å². The first-order chi connectivity index (χ1) is 9.10. The number of benzene rings is 1. The number of amides is 1. The normalized spacial score (nSPS) is 11.5. The number of nitrogens with zero attached hydrogens (tertiary/aromatic N) is 1. The molecular weight excluding hydrogens is 264 g/mol. The van der Waals surface area contributed by atoms with Crippen LogP contribution in [0.5, 0.6) is 5.75 Å². The average Bonchev–Trinajstić information content (AvgIpc) is 2.40. The lowest BCUT2D eigenvalue weighted by Gasteiger charge is -2.11. The van der Waals surface area contributed by atoms with Crippen molar-refractivity contribution in [1.29, 1.82) is 5.26 Å². The summed E-state index contributed by atoms with van der Waals surface area (Å²) in [5.74, 6) is 0.446. The largest absolute Gasteiger partial charge is 0.497 e. The third kappa shape index (κ3) is 4.80. The van der Waals surface area contributed by atoms with E-state index in [4.69, 9.17) is 21.6 Å². The number of halogens is 1. The van der Waals surface area contributed by atoms with Crippen LogP contribution in [0.25, 0.3) is 0 Å². The van der Waals surface area contributed by atoms with Gasteiger partial charge >= 0.3 is 0 Å². The van der Waals surface area contributed by atoms with Crippen molar-refractivity contribution < 1.29 is 9.53 Å². The molecule has 5 heteroatoms. The number of hydrogen-bond donors (Lipinski definition) is 1. The van der Waals surface area contributed by atoms with E-state index in [0.29, 0.717) is 22.8 Å². The van der Waals surface area contributed by atoms with Crippen molar-refractivity contribution in [1.82, 2.24) is 5.32 Å². The Morgan fingerprint density at radius 1 is 1.58 bits per heavy atom. The van der Waals surface area contributed by atoms with E-state index >= 15 is 0 Å². The molecule has 0 fully saturated rings. The molecule has 1 atom stereocenters. The molecule has 0 radical (unpaired) electrons. The summed E-state index contributed by atoms with van der Waals surface area (Å²) in [7, 11) is 1.56. The van der Waals surface area contributed by atoms with E-state index < -0.39 is 6.04 Å². The van der Waals surface area contributed by atoms with Crippen molar-refractivity contribution >= 4 is 17.5 Å². The fourth-order valence-corrected chi connectivity index (χ4v) is 1.91. The van der Waals surface area contributed by atoms with E-state index in [0.717, 1.165) is 6.42 Å². The number of carbonyl (C=O) groups is 1. The molecule has 1 amide bonds. The minimum Gasteiger partial charge on any atom is -0.497 e. The van der Waals surface area contributed by atoms with Gasteiger partial charge in [-0.25, -0.2) is 0 Å². The summed E-state index contributed by atoms with van der Waals surface area (Å²) in [5, 5.41) is 12.1. The van der Waals surface area contributed by atoms with Gasteiger partial charge in [0.05, 0.1) is 19.6 Å². The summed E-state index contributed by atoms with van der Waals surface area (Å²) in [6.07, 6.45) is 1.66. The highest BCUT2D eigenvalue weighted by molar-refractivity contribution is 6.31. The van der Waals surface area contributed by atoms with Crippen LogP contribution in [0.15, 0.2) is 18.2 Å². The van der Waals surface area contributed by atoms with Crippen LogP contribution in [0, 0.1) is 11.3 Å². The second-order valence-electron chi connectivity index (χ2n) is 4.17. The summed E-state index contributed by atoms with van der Waals surface area (Å²) < 4.78 is 5.04. The molecule has 0 unspecified atom stereocenters. The molecule has 4 nitrogen and oxygen atoms in total. The lowest BCUT2D eigenvalue weighted by molar-refractivity contribution is -0.120. The maximum Gasteiger partial charge on any atom is 0.225 e. The lowest BCUT2D eigenvalue weighted by Crippen LogP contribution is -2.34. The summed E-state index contributed by atoms with van der Waals surface area (Å²) in [6.45, 7) is 1.97. The third-order valence-corrected chi connectivity index (χ3v) is 3.03. The van der Waals surface area contributed by atoms with Gasteiger partial charge in [-0.15, -0.1) is 0 Å². The van der Waals surface area contributed by atoms with E-state index in [9.17, 15) is 4.79 Å². The van der Waals surface area contributed by atoms with Crippen molar-refractivity contribution in [2.24, 2.45) is 0 Å². The number of methoxy groups -OCH3 is 1. The molecule has 102 valence electrons. The second kappa shape index (κ2) is 7.65. The number of carbonyl (C=O) groups excluding carboxylic acids is 1. The van der Waals surface area contributed by atoms with Gasteiger partial charge in [-0.1, -0.05) is 31.0 Å². The Morgan fingerprint density at radius 2 is 2.32 bits per heavy atom. The first-order valence-electron chi connectivity index (χ1n) is 6.12. The number of ether oxygens (including phenoxy) is 1. The van der Waals surface area contributed by atoms with E-state index in [1.807, 2.05) is 6.92 Å². The topological polar surface area (TPSA) is 62.1 Å². The Labute approximate surface area is 118 Å². The van der Waals surface area contributed by atoms with Crippen LogP contribution in [0.1, 0.15) is 25.3 Å². The molecule has 0 saturated carbocycles. The molecule has 0 aromatic heterocycles. The fourth-order valence-electron chi connectivity index (χ4n) is 1.67. The van der Waals surface area contributed by atoms with Gasteiger partial charge in [0.1, 0.15) is 11.8 Å². The summed E-state index contributed by atoms with van der Waals surface area (Å²) in [4.78, 5) is 11.8. The summed E-state index contributed by atoms with van der Waals surface area (Å²) in [6, 6.07) is 6.80. The zero-order valence-electron chi connectivity index (χ0n) is 11.1. The van der Waals surface area contributed by atoms with E-state index in [1.54, 1.807) is 25.3 Å². The van der Waals surface area contributed by atoms with Crippen molar-refractivity contribution in [2.75, 3.05) is 7.11 Å². The number of rotatable bonds is 6. The molecule has 0 aliphatic heterocycles. The first-order valence-corrected chi connectivity index (χ1v) is 6.49. The highest BCUT2D eigenvalue weighted by Crippen LogP contribution is 2.22.